The molecule has 3 aromatic rings. The lowest BCUT2D eigenvalue weighted by Gasteiger charge is -2.22. The van der Waals surface area contributed by atoms with E-state index >= 15 is 0 Å². The molecular formula is C16H13N3O2. The quantitative estimate of drug-likeness (QED) is 0.722. The number of ether oxygens (including phenoxy) is 1. The van der Waals surface area contributed by atoms with Crippen molar-refractivity contribution in [2.75, 3.05) is 6.61 Å². The van der Waals surface area contributed by atoms with Gasteiger partial charge in [-0.1, -0.05) is 29.4 Å². The predicted molar refractivity (Wildman–Crippen MR) is 75.9 cm³/mol. The molecule has 0 fully saturated rings. The maximum Gasteiger partial charge on any atom is 0.233 e. The van der Waals surface area contributed by atoms with Gasteiger partial charge >= 0.3 is 0 Å². The molecule has 2 aromatic heterocycles. The van der Waals surface area contributed by atoms with Gasteiger partial charge in [-0.2, -0.15) is 4.98 Å². The van der Waals surface area contributed by atoms with Crippen LogP contribution in [0.3, 0.4) is 0 Å². The number of pyridine rings is 1. The van der Waals surface area contributed by atoms with Crippen LogP contribution in [0.5, 0.6) is 5.75 Å². The summed E-state index contributed by atoms with van der Waals surface area (Å²) in [7, 11) is 0. The van der Waals surface area contributed by atoms with E-state index in [1.165, 1.54) is 5.56 Å². The van der Waals surface area contributed by atoms with E-state index in [0.717, 1.165) is 12.2 Å². The van der Waals surface area contributed by atoms with Gasteiger partial charge in [0.2, 0.25) is 11.7 Å². The van der Waals surface area contributed by atoms with Crippen molar-refractivity contribution in [1.29, 1.82) is 0 Å². The molecule has 0 spiro atoms. The van der Waals surface area contributed by atoms with E-state index in [1.807, 2.05) is 36.4 Å². The molecule has 0 radical (unpaired) electrons. The lowest BCUT2D eigenvalue weighted by atomic mass is 9.97. The third-order valence-electron chi connectivity index (χ3n) is 3.56. The van der Waals surface area contributed by atoms with E-state index in [2.05, 4.69) is 21.2 Å². The molecule has 1 unspecified atom stereocenters. The Morgan fingerprint density at radius 3 is 2.86 bits per heavy atom. The summed E-state index contributed by atoms with van der Waals surface area (Å²) in [5.41, 5.74) is 1.89. The van der Waals surface area contributed by atoms with Crippen molar-refractivity contribution < 1.29 is 9.26 Å². The first-order chi connectivity index (χ1) is 10.4. The van der Waals surface area contributed by atoms with Crippen LogP contribution in [-0.4, -0.2) is 21.7 Å². The number of nitrogens with zero attached hydrogens (tertiary/aromatic N) is 3. The average Bonchev–Trinajstić information content (AvgIpc) is 3.05. The normalized spacial score (nSPS) is 17.0. The van der Waals surface area contributed by atoms with Crippen LogP contribution in [0.15, 0.2) is 53.2 Å². The molecule has 1 aromatic carbocycles. The van der Waals surface area contributed by atoms with Crippen molar-refractivity contribution in [3.63, 3.8) is 0 Å². The Hall–Kier alpha value is -2.69. The Balaban J connectivity index is 1.60. The van der Waals surface area contributed by atoms with E-state index in [0.29, 0.717) is 24.0 Å². The maximum absolute atomic E-state index is 5.76. The summed E-state index contributed by atoms with van der Waals surface area (Å²) in [5, 5.41) is 4.01. The number of para-hydroxylation sites is 1. The molecule has 0 saturated heterocycles. The molecule has 4 rings (SSSR count). The van der Waals surface area contributed by atoms with Crippen molar-refractivity contribution >= 4 is 0 Å². The summed E-state index contributed by atoms with van der Waals surface area (Å²) < 4.78 is 11.2. The first kappa shape index (κ1) is 12.1. The summed E-state index contributed by atoms with van der Waals surface area (Å²) in [4.78, 5) is 8.68. The lowest BCUT2D eigenvalue weighted by Crippen LogP contribution is -2.19. The topological polar surface area (TPSA) is 61.0 Å². The predicted octanol–water partition coefficient (Wildman–Crippen LogP) is 2.85. The second-order valence-electron chi connectivity index (χ2n) is 4.99. The molecule has 104 valence electrons. The van der Waals surface area contributed by atoms with Crippen molar-refractivity contribution in [2.24, 2.45) is 0 Å². The zero-order valence-corrected chi connectivity index (χ0v) is 11.3. The number of hydrogen-bond acceptors (Lipinski definition) is 5. The van der Waals surface area contributed by atoms with Gasteiger partial charge in [-0.25, -0.2) is 0 Å². The minimum atomic E-state index is 0.0878. The Bertz CT molecular complexity index is 755. The first-order valence-electron chi connectivity index (χ1n) is 6.86. The molecule has 5 nitrogen and oxygen atoms in total. The Morgan fingerprint density at radius 1 is 1.05 bits per heavy atom. The summed E-state index contributed by atoms with van der Waals surface area (Å²) in [6.07, 6.45) is 2.56. The lowest BCUT2D eigenvalue weighted by molar-refractivity contribution is 0.230. The third-order valence-corrected chi connectivity index (χ3v) is 3.56. The summed E-state index contributed by atoms with van der Waals surface area (Å²) in [6, 6.07) is 13.7. The van der Waals surface area contributed by atoms with Gasteiger partial charge in [-0.05, 0) is 30.2 Å². The molecule has 1 aliphatic heterocycles. The number of hydrogen-bond donors (Lipinski definition) is 0. The number of fused-ring (bicyclic) bond motifs is 1. The number of benzene rings is 1. The van der Waals surface area contributed by atoms with E-state index in [4.69, 9.17) is 9.26 Å². The highest BCUT2D eigenvalue weighted by molar-refractivity contribution is 5.47. The van der Waals surface area contributed by atoms with Crippen LogP contribution in [0, 0.1) is 0 Å². The van der Waals surface area contributed by atoms with Gasteiger partial charge in [0.1, 0.15) is 18.1 Å². The fraction of sp³-hybridized carbons (Fsp3) is 0.188. The molecule has 5 heteroatoms. The second-order valence-corrected chi connectivity index (χ2v) is 4.99. The van der Waals surface area contributed by atoms with Crippen LogP contribution in [0.4, 0.5) is 0 Å². The SMILES string of the molecule is c1ccc(-c2noc(C3COc4ccccc4C3)n2)nc1. The van der Waals surface area contributed by atoms with Gasteiger partial charge in [-0.3, -0.25) is 4.98 Å². The molecule has 1 aliphatic rings. The van der Waals surface area contributed by atoms with Gasteiger partial charge in [0.15, 0.2) is 0 Å². The standard InChI is InChI=1S/C16H13N3O2/c1-2-7-14-11(5-1)9-12(10-20-14)16-18-15(19-21-16)13-6-3-4-8-17-13/h1-8,12H,9-10H2. The molecule has 0 amide bonds. The Labute approximate surface area is 121 Å². The monoisotopic (exact) mass is 279 g/mol. The van der Waals surface area contributed by atoms with Crippen LogP contribution in [-0.2, 0) is 6.42 Å². The van der Waals surface area contributed by atoms with Crippen LogP contribution >= 0.6 is 0 Å². The maximum atomic E-state index is 5.76. The first-order valence-corrected chi connectivity index (χ1v) is 6.86. The van der Waals surface area contributed by atoms with E-state index in [9.17, 15) is 0 Å². The minimum absolute atomic E-state index is 0.0878. The molecule has 0 bridgehead atoms. The van der Waals surface area contributed by atoms with Gasteiger partial charge in [0, 0.05) is 6.20 Å². The highest BCUT2D eigenvalue weighted by Gasteiger charge is 2.26. The Morgan fingerprint density at radius 2 is 1.95 bits per heavy atom. The fourth-order valence-electron chi connectivity index (χ4n) is 2.49. The molecule has 3 heterocycles. The zero-order chi connectivity index (χ0) is 14.1. The van der Waals surface area contributed by atoms with Gasteiger partial charge in [0.05, 0.1) is 5.92 Å². The fourth-order valence-corrected chi connectivity index (χ4v) is 2.49. The molecular weight excluding hydrogens is 266 g/mol. The van der Waals surface area contributed by atoms with E-state index in [-0.39, 0.29) is 5.92 Å². The summed E-state index contributed by atoms with van der Waals surface area (Å²) in [6.45, 7) is 0.556. The number of rotatable bonds is 2. The molecule has 0 N–H and O–H groups in total. The highest BCUT2D eigenvalue weighted by Crippen LogP contribution is 2.31. The molecule has 21 heavy (non-hydrogen) atoms. The highest BCUT2D eigenvalue weighted by atomic mass is 16.5. The third kappa shape index (κ3) is 2.27. The zero-order valence-electron chi connectivity index (χ0n) is 11.3. The van der Waals surface area contributed by atoms with Gasteiger partial charge < -0.3 is 9.26 Å². The minimum Gasteiger partial charge on any atom is -0.492 e. The van der Waals surface area contributed by atoms with Gasteiger partial charge in [-0.15, -0.1) is 0 Å². The molecule has 0 aliphatic carbocycles. The molecule has 1 atom stereocenters. The van der Waals surface area contributed by atoms with Crippen molar-refractivity contribution in [3.05, 3.63) is 60.1 Å². The van der Waals surface area contributed by atoms with E-state index in [1.54, 1.807) is 6.20 Å². The van der Waals surface area contributed by atoms with Crippen LogP contribution in [0.1, 0.15) is 17.4 Å². The summed E-state index contributed by atoms with van der Waals surface area (Å²) in [5.74, 6) is 2.15. The van der Waals surface area contributed by atoms with Crippen molar-refractivity contribution in [3.8, 4) is 17.3 Å². The second kappa shape index (κ2) is 5.01. The van der Waals surface area contributed by atoms with Crippen LogP contribution in [0.25, 0.3) is 11.5 Å². The van der Waals surface area contributed by atoms with Crippen molar-refractivity contribution in [2.45, 2.75) is 12.3 Å². The average molecular weight is 279 g/mol. The van der Waals surface area contributed by atoms with Crippen molar-refractivity contribution in [1.82, 2.24) is 15.1 Å². The number of aromatic nitrogens is 3. The Kier molecular flexibility index (Phi) is 2.88. The largest absolute Gasteiger partial charge is 0.492 e. The van der Waals surface area contributed by atoms with E-state index < -0.39 is 0 Å². The smallest absolute Gasteiger partial charge is 0.233 e. The van der Waals surface area contributed by atoms with Crippen LogP contribution in [0.2, 0.25) is 0 Å². The van der Waals surface area contributed by atoms with Gasteiger partial charge in [0.25, 0.3) is 0 Å². The van der Waals surface area contributed by atoms with Crippen LogP contribution < -0.4 is 4.74 Å². The molecule has 0 saturated carbocycles. The summed E-state index contributed by atoms with van der Waals surface area (Å²) >= 11 is 0.